The monoisotopic (exact) mass is 286 g/mol. The molecule has 0 aliphatic carbocycles. The number of benzene rings is 2. The van der Waals surface area contributed by atoms with Gasteiger partial charge in [-0.25, -0.2) is 0 Å². The molecule has 0 aliphatic rings. The quantitative estimate of drug-likeness (QED) is 0.878. The first-order chi connectivity index (χ1) is 10.1. The van der Waals surface area contributed by atoms with Crippen LogP contribution in [0.15, 0.2) is 48.5 Å². The van der Waals surface area contributed by atoms with Gasteiger partial charge in [0, 0.05) is 6.42 Å². The lowest BCUT2D eigenvalue weighted by Crippen LogP contribution is -2.06. The van der Waals surface area contributed by atoms with Crippen molar-refractivity contribution < 1.29 is 14.6 Å². The van der Waals surface area contributed by atoms with Crippen molar-refractivity contribution in [2.75, 3.05) is 7.11 Å². The molecule has 21 heavy (non-hydrogen) atoms. The molecule has 0 spiro atoms. The first kappa shape index (κ1) is 15.4. The van der Waals surface area contributed by atoms with E-state index in [1.54, 1.807) is 7.11 Å². The molecule has 1 atom stereocenters. The zero-order chi connectivity index (χ0) is 15.2. The fourth-order valence-corrected chi connectivity index (χ4v) is 2.24. The molecular weight excluding hydrogens is 264 g/mol. The summed E-state index contributed by atoms with van der Waals surface area (Å²) in [6.45, 7) is 3.98. The van der Waals surface area contributed by atoms with Crippen LogP contribution in [0.4, 0.5) is 0 Å². The highest BCUT2D eigenvalue weighted by Crippen LogP contribution is 2.26. The van der Waals surface area contributed by atoms with E-state index in [1.807, 2.05) is 62.4 Å². The Kier molecular flexibility index (Phi) is 5.23. The van der Waals surface area contributed by atoms with Crippen LogP contribution >= 0.6 is 0 Å². The van der Waals surface area contributed by atoms with E-state index in [-0.39, 0.29) is 6.10 Å². The molecule has 0 saturated carbocycles. The molecule has 0 fully saturated rings. The number of para-hydroxylation sites is 1. The summed E-state index contributed by atoms with van der Waals surface area (Å²) >= 11 is 0. The second-order valence-corrected chi connectivity index (χ2v) is 5.27. The van der Waals surface area contributed by atoms with Crippen LogP contribution in [0.1, 0.15) is 31.1 Å². The number of aliphatic hydroxyl groups is 1. The summed E-state index contributed by atoms with van der Waals surface area (Å²) in [6.07, 6.45) is 0.109. The van der Waals surface area contributed by atoms with E-state index in [0.29, 0.717) is 6.42 Å². The van der Waals surface area contributed by atoms with Crippen LogP contribution in [0.2, 0.25) is 0 Å². The zero-order valence-corrected chi connectivity index (χ0v) is 12.7. The van der Waals surface area contributed by atoms with Crippen molar-refractivity contribution in [3.05, 3.63) is 59.7 Å². The smallest absolute Gasteiger partial charge is 0.122 e. The normalized spacial score (nSPS) is 12.2. The Balaban J connectivity index is 2.07. The Morgan fingerprint density at radius 2 is 1.67 bits per heavy atom. The molecule has 1 N–H and O–H groups in total. The van der Waals surface area contributed by atoms with Crippen molar-refractivity contribution in [2.45, 2.75) is 32.5 Å². The van der Waals surface area contributed by atoms with E-state index >= 15 is 0 Å². The lowest BCUT2D eigenvalue weighted by atomic mass is 10.0. The second kappa shape index (κ2) is 7.14. The largest absolute Gasteiger partial charge is 0.496 e. The van der Waals surface area contributed by atoms with E-state index in [4.69, 9.17) is 9.47 Å². The van der Waals surface area contributed by atoms with Gasteiger partial charge >= 0.3 is 0 Å². The maximum absolute atomic E-state index is 10.4. The third-order valence-electron chi connectivity index (χ3n) is 3.24. The van der Waals surface area contributed by atoms with Crippen LogP contribution in [0.5, 0.6) is 11.5 Å². The lowest BCUT2D eigenvalue weighted by molar-refractivity contribution is 0.177. The number of methoxy groups -OCH3 is 1. The molecule has 2 rings (SSSR count). The molecule has 0 bridgehead atoms. The van der Waals surface area contributed by atoms with Gasteiger partial charge in [0.1, 0.15) is 11.5 Å². The van der Waals surface area contributed by atoms with Crippen molar-refractivity contribution in [2.24, 2.45) is 0 Å². The molecule has 0 aliphatic heterocycles. The van der Waals surface area contributed by atoms with Crippen LogP contribution in [0.25, 0.3) is 0 Å². The minimum Gasteiger partial charge on any atom is -0.496 e. The fourth-order valence-electron chi connectivity index (χ4n) is 2.24. The van der Waals surface area contributed by atoms with Gasteiger partial charge in [0.25, 0.3) is 0 Å². The van der Waals surface area contributed by atoms with Gasteiger partial charge in [-0.2, -0.15) is 0 Å². The van der Waals surface area contributed by atoms with Gasteiger partial charge in [0.05, 0.1) is 19.3 Å². The molecule has 0 heterocycles. The summed E-state index contributed by atoms with van der Waals surface area (Å²) in [6, 6.07) is 15.3. The number of ether oxygens (including phenoxy) is 2. The summed E-state index contributed by atoms with van der Waals surface area (Å²) < 4.78 is 10.9. The highest BCUT2D eigenvalue weighted by molar-refractivity contribution is 5.35. The SMILES string of the molecule is COc1ccccc1CC(O)c1ccc(OC(C)C)cc1. The van der Waals surface area contributed by atoms with E-state index in [9.17, 15) is 5.11 Å². The molecule has 0 saturated heterocycles. The van der Waals surface area contributed by atoms with E-state index < -0.39 is 6.10 Å². The van der Waals surface area contributed by atoms with Gasteiger partial charge in [-0.05, 0) is 43.2 Å². The van der Waals surface area contributed by atoms with Crippen LogP contribution in [-0.2, 0) is 6.42 Å². The molecule has 0 radical (unpaired) electrons. The standard InChI is InChI=1S/C18H22O3/c1-13(2)21-16-10-8-14(9-11-16)17(19)12-15-6-4-5-7-18(15)20-3/h4-11,13,17,19H,12H2,1-3H3. The van der Waals surface area contributed by atoms with Crippen molar-refractivity contribution in [1.29, 1.82) is 0 Å². The summed E-state index contributed by atoms with van der Waals surface area (Å²) in [5.41, 5.74) is 1.87. The van der Waals surface area contributed by atoms with E-state index in [2.05, 4.69) is 0 Å². The number of aliphatic hydroxyl groups excluding tert-OH is 1. The maximum atomic E-state index is 10.4. The number of hydrogen-bond acceptors (Lipinski definition) is 3. The predicted molar refractivity (Wildman–Crippen MR) is 83.9 cm³/mol. The van der Waals surface area contributed by atoms with Crippen LogP contribution in [-0.4, -0.2) is 18.3 Å². The molecular formula is C18H22O3. The third kappa shape index (κ3) is 4.23. The van der Waals surface area contributed by atoms with Crippen molar-refractivity contribution in [1.82, 2.24) is 0 Å². The Morgan fingerprint density at radius 3 is 2.29 bits per heavy atom. The molecule has 0 aromatic heterocycles. The van der Waals surface area contributed by atoms with Crippen molar-refractivity contribution in [3.8, 4) is 11.5 Å². The van der Waals surface area contributed by atoms with Gasteiger partial charge in [-0.15, -0.1) is 0 Å². The molecule has 1 unspecified atom stereocenters. The Bertz CT molecular complexity index is 561. The molecule has 2 aromatic carbocycles. The van der Waals surface area contributed by atoms with E-state index in [0.717, 1.165) is 22.6 Å². The molecule has 2 aromatic rings. The highest BCUT2D eigenvalue weighted by Gasteiger charge is 2.12. The minimum absolute atomic E-state index is 0.148. The number of hydrogen-bond donors (Lipinski definition) is 1. The van der Waals surface area contributed by atoms with Gasteiger partial charge in [0.15, 0.2) is 0 Å². The number of rotatable bonds is 6. The molecule has 0 amide bonds. The topological polar surface area (TPSA) is 38.7 Å². The van der Waals surface area contributed by atoms with Gasteiger partial charge in [0.2, 0.25) is 0 Å². The Labute approximate surface area is 126 Å². The van der Waals surface area contributed by atoms with Crippen LogP contribution < -0.4 is 9.47 Å². The molecule has 112 valence electrons. The predicted octanol–water partition coefficient (Wildman–Crippen LogP) is 3.76. The minimum atomic E-state index is -0.561. The first-order valence-corrected chi connectivity index (χ1v) is 7.16. The third-order valence-corrected chi connectivity index (χ3v) is 3.24. The average Bonchev–Trinajstić information content (AvgIpc) is 2.48. The summed E-state index contributed by atoms with van der Waals surface area (Å²) in [4.78, 5) is 0. The molecule has 3 nitrogen and oxygen atoms in total. The summed E-state index contributed by atoms with van der Waals surface area (Å²) in [5.74, 6) is 1.62. The van der Waals surface area contributed by atoms with Crippen molar-refractivity contribution >= 4 is 0 Å². The summed E-state index contributed by atoms with van der Waals surface area (Å²) in [7, 11) is 1.64. The average molecular weight is 286 g/mol. The van der Waals surface area contributed by atoms with Gasteiger partial charge in [-0.1, -0.05) is 30.3 Å². The van der Waals surface area contributed by atoms with E-state index in [1.165, 1.54) is 0 Å². The van der Waals surface area contributed by atoms with Crippen LogP contribution in [0.3, 0.4) is 0 Å². The Hall–Kier alpha value is -2.00. The van der Waals surface area contributed by atoms with Gasteiger partial charge in [-0.3, -0.25) is 0 Å². The van der Waals surface area contributed by atoms with Gasteiger partial charge < -0.3 is 14.6 Å². The molecule has 3 heteroatoms. The summed E-state index contributed by atoms with van der Waals surface area (Å²) in [5, 5.41) is 10.4. The van der Waals surface area contributed by atoms with Crippen molar-refractivity contribution in [3.63, 3.8) is 0 Å². The lowest BCUT2D eigenvalue weighted by Gasteiger charge is -2.15. The first-order valence-electron chi connectivity index (χ1n) is 7.16. The fraction of sp³-hybridized carbons (Fsp3) is 0.333. The second-order valence-electron chi connectivity index (χ2n) is 5.27. The highest BCUT2D eigenvalue weighted by atomic mass is 16.5. The van der Waals surface area contributed by atoms with Crippen LogP contribution in [0, 0.1) is 0 Å². The Morgan fingerprint density at radius 1 is 1.00 bits per heavy atom. The maximum Gasteiger partial charge on any atom is 0.122 e. The zero-order valence-electron chi connectivity index (χ0n) is 12.7.